The molecule has 0 aliphatic heterocycles. The Morgan fingerprint density at radius 3 is 2.86 bits per heavy atom. The van der Waals surface area contributed by atoms with E-state index in [-0.39, 0.29) is 17.9 Å². The Kier molecular flexibility index (Phi) is 5.31. The molecule has 1 heterocycles. The number of nitrogens with zero attached hydrogens (tertiary/aromatic N) is 1. The largest absolute Gasteiger partial charge is 0.396 e. The molecule has 0 aliphatic rings. The van der Waals surface area contributed by atoms with Crippen molar-refractivity contribution >= 4 is 27.5 Å². The summed E-state index contributed by atoms with van der Waals surface area (Å²) in [6.07, 6.45) is 1.81. The zero-order valence-corrected chi connectivity index (χ0v) is 13.4. The highest BCUT2D eigenvalue weighted by Crippen LogP contribution is 2.22. The van der Waals surface area contributed by atoms with Crippen LogP contribution in [-0.4, -0.2) is 29.1 Å². The molecule has 0 unspecified atom stereocenters. The molecule has 1 amide bonds. The van der Waals surface area contributed by atoms with Crippen LogP contribution in [0.2, 0.25) is 0 Å². The average molecular weight is 306 g/mol. The number of benzene rings is 1. The number of amides is 1. The minimum atomic E-state index is -0.0692. The number of hydrogen-bond acceptors (Lipinski definition) is 4. The monoisotopic (exact) mass is 306 g/mol. The number of thiazole rings is 1. The Morgan fingerprint density at radius 2 is 2.14 bits per heavy atom. The second kappa shape index (κ2) is 7.00. The van der Waals surface area contributed by atoms with Crippen LogP contribution in [0.1, 0.15) is 31.7 Å². The fourth-order valence-electron chi connectivity index (χ4n) is 2.06. The molecule has 0 aliphatic carbocycles. The third-order valence-corrected chi connectivity index (χ3v) is 4.55. The standard InChI is InChI=1S/C16H22N2O2S/c1-16(2,9-10-19)11-17-14(20)7-8-15-18-12-5-3-4-6-13(12)21-15/h3-6,19H,7-11H2,1-2H3,(H,17,20). The maximum Gasteiger partial charge on any atom is 0.220 e. The smallest absolute Gasteiger partial charge is 0.220 e. The van der Waals surface area contributed by atoms with Crippen molar-refractivity contribution in [1.82, 2.24) is 10.3 Å². The van der Waals surface area contributed by atoms with Gasteiger partial charge in [-0.25, -0.2) is 4.98 Å². The van der Waals surface area contributed by atoms with Gasteiger partial charge < -0.3 is 10.4 Å². The first-order valence-electron chi connectivity index (χ1n) is 7.22. The van der Waals surface area contributed by atoms with Gasteiger partial charge in [-0.3, -0.25) is 4.79 Å². The number of fused-ring (bicyclic) bond motifs is 1. The molecule has 0 atom stereocenters. The van der Waals surface area contributed by atoms with Crippen molar-refractivity contribution < 1.29 is 9.90 Å². The van der Waals surface area contributed by atoms with Crippen LogP contribution < -0.4 is 5.32 Å². The van der Waals surface area contributed by atoms with E-state index in [1.807, 2.05) is 38.1 Å². The van der Waals surface area contributed by atoms with Gasteiger partial charge in [0.25, 0.3) is 0 Å². The first-order chi connectivity index (χ1) is 10.00. The maximum absolute atomic E-state index is 11.9. The van der Waals surface area contributed by atoms with Gasteiger partial charge in [0.2, 0.25) is 5.91 Å². The van der Waals surface area contributed by atoms with Gasteiger partial charge in [0.1, 0.15) is 0 Å². The maximum atomic E-state index is 11.9. The van der Waals surface area contributed by atoms with Crippen molar-refractivity contribution in [3.05, 3.63) is 29.3 Å². The summed E-state index contributed by atoms with van der Waals surface area (Å²) in [6, 6.07) is 8.02. The highest BCUT2D eigenvalue weighted by Gasteiger charge is 2.18. The molecule has 0 saturated carbocycles. The highest BCUT2D eigenvalue weighted by molar-refractivity contribution is 7.18. The van der Waals surface area contributed by atoms with E-state index in [9.17, 15) is 4.79 Å². The zero-order valence-electron chi connectivity index (χ0n) is 12.6. The Balaban J connectivity index is 1.81. The first kappa shape index (κ1) is 15.9. The molecule has 5 heteroatoms. The zero-order chi connectivity index (χ0) is 15.3. The molecule has 0 fully saturated rings. The Bertz CT molecular complexity index is 574. The van der Waals surface area contributed by atoms with Crippen molar-refractivity contribution in [2.24, 2.45) is 5.41 Å². The molecule has 114 valence electrons. The summed E-state index contributed by atoms with van der Waals surface area (Å²) >= 11 is 1.65. The number of aromatic nitrogens is 1. The second-order valence-corrected chi connectivity index (χ2v) is 7.11. The van der Waals surface area contributed by atoms with E-state index in [1.54, 1.807) is 11.3 Å². The number of carbonyl (C=O) groups excluding carboxylic acids is 1. The third kappa shape index (κ3) is 4.79. The highest BCUT2D eigenvalue weighted by atomic mass is 32.1. The topological polar surface area (TPSA) is 62.2 Å². The van der Waals surface area contributed by atoms with Gasteiger partial charge in [0.05, 0.1) is 15.2 Å². The van der Waals surface area contributed by atoms with Crippen molar-refractivity contribution in [2.45, 2.75) is 33.1 Å². The molecule has 0 saturated heterocycles. The molecule has 1 aromatic carbocycles. The molecular weight excluding hydrogens is 284 g/mol. The van der Waals surface area contributed by atoms with E-state index in [4.69, 9.17) is 5.11 Å². The van der Waals surface area contributed by atoms with E-state index < -0.39 is 0 Å². The van der Waals surface area contributed by atoms with Crippen LogP contribution in [0, 0.1) is 5.41 Å². The predicted molar refractivity (Wildman–Crippen MR) is 86.4 cm³/mol. The van der Waals surface area contributed by atoms with Crippen molar-refractivity contribution in [3.63, 3.8) is 0 Å². The number of rotatable bonds is 7. The lowest BCUT2D eigenvalue weighted by Gasteiger charge is -2.23. The minimum absolute atomic E-state index is 0.0419. The Morgan fingerprint density at radius 1 is 1.38 bits per heavy atom. The van der Waals surface area contributed by atoms with Gasteiger partial charge in [-0.2, -0.15) is 0 Å². The molecule has 2 N–H and O–H groups in total. The van der Waals surface area contributed by atoms with Gasteiger partial charge in [-0.1, -0.05) is 26.0 Å². The number of para-hydroxylation sites is 1. The van der Waals surface area contributed by atoms with Crippen LogP contribution in [0.4, 0.5) is 0 Å². The first-order valence-corrected chi connectivity index (χ1v) is 8.04. The molecule has 2 aromatic rings. The second-order valence-electron chi connectivity index (χ2n) is 5.99. The quantitative estimate of drug-likeness (QED) is 0.827. The number of carbonyl (C=O) groups is 1. The fraction of sp³-hybridized carbons (Fsp3) is 0.500. The third-order valence-electron chi connectivity index (χ3n) is 3.46. The summed E-state index contributed by atoms with van der Waals surface area (Å²) in [5, 5.41) is 12.9. The van der Waals surface area contributed by atoms with Crippen LogP contribution in [0.15, 0.2) is 24.3 Å². The summed E-state index contributed by atoms with van der Waals surface area (Å²) in [5.41, 5.74) is 0.933. The summed E-state index contributed by atoms with van der Waals surface area (Å²) in [7, 11) is 0. The van der Waals surface area contributed by atoms with E-state index in [2.05, 4.69) is 10.3 Å². The molecule has 1 aromatic heterocycles. The summed E-state index contributed by atoms with van der Waals surface area (Å²) < 4.78 is 1.16. The molecule has 21 heavy (non-hydrogen) atoms. The van der Waals surface area contributed by atoms with E-state index in [1.165, 1.54) is 0 Å². The number of aliphatic hydroxyl groups is 1. The Labute approximate surface area is 129 Å². The lowest BCUT2D eigenvalue weighted by Crippen LogP contribution is -2.34. The fourth-order valence-corrected chi connectivity index (χ4v) is 3.03. The number of aliphatic hydroxyl groups excluding tert-OH is 1. The molecule has 0 bridgehead atoms. The van der Waals surface area contributed by atoms with Gasteiger partial charge in [0.15, 0.2) is 0 Å². The van der Waals surface area contributed by atoms with Gasteiger partial charge in [0, 0.05) is 26.0 Å². The SMILES string of the molecule is CC(C)(CCO)CNC(=O)CCc1nc2ccccc2s1. The van der Waals surface area contributed by atoms with E-state index in [0.29, 0.717) is 25.8 Å². The van der Waals surface area contributed by atoms with Crippen LogP contribution in [0.3, 0.4) is 0 Å². The van der Waals surface area contributed by atoms with E-state index in [0.717, 1.165) is 15.2 Å². The van der Waals surface area contributed by atoms with Crippen molar-refractivity contribution in [2.75, 3.05) is 13.2 Å². The van der Waals surface area contributed by atoms with Crippen molar-refractivity contribution in [1.29, 1.82) is 0 Å². The number of hydrogen-bond donors (Lipinski definition) is 2. The van der Waals surface area contributed by atoms with Crippen LogP contribution in [0.5, 0.6) is 0 Å². The molecule has 4 nitrogen and oxygen atoms in total. The summed E-state index contributed by atoms with van der Waals surface area (Å²) in [6.45, 7) is 4.81. The van der Waals surface area contributed by atoms with Gasteiger partial charge in [-0.15, -0.1) is 11.3 Å². The average Bonchev–Trinajstić information content (AvgIpc) is 2.86. The predicted octanol–water partition coefficient (Wildman–Crippen LogP) is 2.75. The van der Waals surface area contributed by atoms with Gasteiger partial charge >= 0.3 is 0 Å². The van der Waals surface area contributed by atoms with Crippen LogP contribution in [-0.2, 0) is 11.2 Å². The lowest BCUT2D eigenvalue weighted by atomic mass is 9.90. The molecular formula is C16H22N2O2S. The minimum Gasteiger partial charge on any atom is -0.396 e. The summed E-state index contributed by atoms with van der Waals surface area (Å²) in [5.74, 6) is 0.0419. The lowest BCUT2D eigenvalue weighted by molar-refractivity contribution is -0.121. The number of nitrogens with one attached hydrogen (secondary N) is 1. The normalized spacial score (nSPS) is 11.8. The van der Waals surface area contributed by atoms with Crippen LogP contribution >= 0.6 is 11.3 Å². The molecule has 0 spiro atoms. The van der Waals surface area contributed by atoms with Crippen molar-refractivity contribution in [3.8, 4) is 0 Å². The molecule has 0 radical (unpaired) electrons. The Hall–Kier alpha value is -1.46. The number of aryl methyl sites for hydroxylation is 1. The van der Waals surface area contributed by atoms with Gasteiger partial charge in [-0.05, 0) is 24.0 Å². The van der Waals surface area contributed by atoms with Crippen LogP contribution in [0.25, 0.3) is 10.2 Å². The molecule has 2 rings (SSSR count). The summed E-state index contributed by atoms with van der Waals surface area (Å²) in [4.78, 5) is 16.4. The van der Waals surface area contributed by atoms with E-state index >= 15 is 0 Å².